The van der Waals surface area contributed by atoms with Gasteiger partial charge >= 0.3 is 0 Å². The van der Waals surface area contributed by atoms with Gasteiger partial charge in [-0.25, -0.2) is 4.39 Å². The first-order valence-electron chi connectivity index (χ1n) is 4.60. The predicted octanol–water partition coefficient (Wildman–Crippen LogP) is 2.13. The van der Waals surface area contributed by atoms with Crippen LogP contribution in [0, 0.1) is 5.82 Å². The molecule has 0 aliphatic carbocycles. The minimum Gasteiger partial charge on any atom is -0.503 e. The number of rotatable bonds is 4. The molecule has 0 heterocycles. The van der Waals surface area contributed by atoms with E-state index in [0.29, 0.717) is 0 Å². The fourth-order valence-electron chi connectivity index (χ4n) is 1.17. The molecule has 4 heteroatoms. The van der Waals surface area contributed by atoms with E-state index < -0.39 is 17.4 Å². The molecule has 1 rings (SSSR count). The fourth-order valence-corrected chi connectivity index (χ4v) is 1.17. The largest absolute Gasteiger partial charge is 0.503 e. The summed E-state index contributed by atoms with van der Waals surface area (Å²) in [5, 5.41) is 0. The summed E-state index contributed by atoms with van der Waals surface area (Å²) >= 11 is 0. The monoisotopic (exact) mass is 222 g/mol. The normalized spacial score (nSPS) is 11.1. The van der Waals surface area contributed by atoms with Gasteiger partial charge in [-0.05, 0) is 31.2 Å². The lowest BCUT2D eigenvalue weighted by molar-refractivity contribution is -0.113. The Hall–Kier alpha value is -1.97. The molecular formula is C12H11FO3. The molecule has 0 aliphatic rings. The SMILES string of the molecule is COC=C(C(C)=O)C(=O)c1ccc(F)cc1. The summed E-state index contributed by atoms with van der Waals surface area (Å²) in [7, 11) is 1.35. The van der Waals surface area contributed by atoms with Crippen molar-refractivity contribution < 1.29 is 18.7 Å². The Labute approximate surface area is 92.5 Å². The first kappa shape index (κ1) is 12.1. The number of allylic oxidation sites excluding steroid dienone is 1. The molecule has 3 nitrogen and oxygen atoms in total. The van der Waals surface area contributed by atoms with Gasteiger partial charge in [0.2, 0.25) is 0 Å². The third kappa shape index (κ3) is 2.76. The minimum absolute atomic E-state index is 0.0610. The number of ketones is 2. The first-order chi connectivity index (χ1) is 7.56. The van der Waals surface area contributed by atoms with Crippen LogP contribution in [0.3, 0.4) is 0 Å². The fraction of sp³-hybridized carbons (Fsp3) is 0.167. The van der Waals surface area contributed by atoms with E-state index in [1.807, 2.05) is 0 Å². The van der Waals surface area contributed by atoms with E-state index in [-0.39, 0.29) is 11.1 Å². The highest BCUT2D eigenvalue weighted by molar-refractivity contribution is 6.25. The van der Waals surface area contributed by atoms with Gasteiger partial charge in [-0.1, -0.05) is 0 Å². The van der Waals surface area contributed by atoms with Gasteiger partial charge in [0.1, 0.15) is 5.82 Å². The van der Waals surface area contributed by atoms with Gasteiger partial charge in [0.05, 0.1) is 18.9 Å². The molecule has 0 fully saturated rings. The number of benzene rings is 1. The summed E-state index contributed by atoms with van der Waals surface area (Å²) < 4.78 is 17.3. The Morgan fingerprint density at radius 3 is 2.25 bits per heavy atom. The van der Waals surface area contributed by atoms with Crippen molar-refractivity contribution in [2.45, 2.75) is 6.92 Å². The van der Waals surface area contributed by atoms with Crippen LogP contribution in [-0.2, 0) is 9.53 Å². The van der Waals surface area contributed by atoms with Crippen molar-refractivity contribution in [1.82, 2.24) is 0 Å². The molecule has 0 saturated heterocycles. The molecule has 0 spiro atoms. The van der Waals surface area contributed by atoms with Gasteiger partial charge in [-0.2, -0.15) is 0 Å². The zero-order chi connectivity index (χ0) is 12.1. The number of carbonyl (C=O) groups excluding carboxylic acids is 2. The smallest absolute Gasteiger partial charge is 0.199 e. The molecule has 1 aromatic rings. The zero-order valence-electron chi connectivity index (χ0n) is 8.99. The zero-order valence-corrected chi connectivity index (χ0v) is 8.99. The summed E-state index contributed by atoms with van der Waals surface area (Å²) in [6, 6.07) is 4.98. The molecule has 84 valence electrons. The Morgan fingerprint density at radius 2 is 1.81 bits per heavy atom. The van der Waals surface area contributed by atoms with Gasteiger partial charge in [-0.15, -0.1) is 0 Å². The predicted molar refractivity (Wildman–Crippen MR) is 56.5 cm³/mol. The maximum absolute atomic E-state index is 12.6. The number of halogens is 1. The lowest BCUT2D eigenvalue weighted by atomic mass is 10.0. The highest BCUT2D eigenvalue weighted by Gasteiger charge is 2.16. The van der Waals surface area contributed by atoms with E-state index in [2.05, 4.69) is 4.74 Å². The molecule has 0 radical (unpaired) electrons. The second-order valence-electron chi connectivity index (χ2n) is 3.16. The van der Waals surface area contributed by atoms with Crippen LogP contribution in [0.4, 0.5) is 4.39 Å². The van der Waals surface area contributed by atoms with Crippen LogP contribution in [0.1, 0.15) is 17.3 Å². The third-order valence-corrected chi connectivity index (χ3v) is 1.97. The molecule has 1 aromatic carbocycles. The Balaban J connectivity index is 3.05. The van der Waals surface area contributed by atoms with Crippen molar-refractivity contribution in [2.75, 3.05) is 7.11 Å². The van der Waals surface area contributed by atoms with E-state index >= 15 is 0 Å². The van der Waals surface area contributed by atoms with Crippen LogP contribution in [-0.4, -0.2) is 18.7 Å². The van der Waals surface area contributed by atoms with Gasteiger partial charge in [-0.3, -0.25) is 9.59 Å². The van der Waals surface area contributed by atoms with Crippen molar-refractivity contribution in [2.24, 2.45) is 0 Å². The molecule has 0 aromatic heterocycles. The quantitative estimate of drug-likeness (QED) is 0.258. The Morgan fingerprint density at radius 1 is 1.25 bits per heavy atom. The molecule has 0 unspecified atom stereocenters. The molecule has 0 bridgehead atoms. The van der Waals surface area contributed by atoms with E-state index in [1.165, 1.54) is 26.2 Å². The summed E-state index contributed by atoms with van der Waals surface area (Å²) in [4.78, 5) is 23.0. The third-order valence-electron chi connectivity index (χ3n) is 1.97. The Bertz CT molecular complexity index is 432. The van der Waals surface area contributed by atoms with E-state index in [0.717, 1.165) is 18.4 Å². The molecule has 0 N–H and O–H groups in total. The lowest BCUT2D eigenvalue weighted by Crippen LogP contribution is -2.11. The average molecular weight is 222 g/mol. The second-order valence-corrected chi connectivity index (χ2v) is 3.16. The number of ether oxygens (including phenoxy) is 1. The summed E-state index contributed by atoms with van der Waals surface area (Å²) in [6.45, 7) is 1.27. The average Bonchev–Trinajstić information content (AvgIpc) is 2.25. The van der Waals surface area contributed by atoms with Gasteiger partial charge in [0.25, 0.3) is 0 Å². The first-order valence-corrected chi connectivity index (χ1v) is 4.60. The van der Waals surface area contributed by atoms with Gasteiger partial charge in [0.15, 0.2) is 11.6 Å². The molecule has 0 aliphatic heterocycles. The van der Waals surface area contributed by atoms with Crippen molar-refractivity contribution in [3.05, 3.63) is 47.5 Å². The molecule has 0 atom stereocenters. The maximum Gasteiger partial charge on any atom is 0.199 e. The van der Waals surface area contributed by atoms with Crippen LogP contribution in [0.2, 0.25) is 0 Å². The van der Waals surface area contributed by atoms with Crippen LogP contribution >= 0.6 is 0 Å². The number of methoxy groups -OCH3 is 1. The lowest BCUT2D eigenvalue weighted by Gasteiger charge is -2.02. The second kappa shape index (κ2) is 5.21. The topological polar surface area (TPSA) is 43.4 Å². The van der Waals surface area contributed by atoms with Gasteiger partial charge < -0.3 is 4.74 Å². The van der Waals surface area contributed by atoms with E-state index in [4.69, 9.17) is 0 Å². The number of carbonyl (C=O) groups is 2. The van der Waals surface area contributed by atoms with Crippen molar-refractivity contribution in [1.29, 1.82) is 0 Å². The van der Waals surface area contributed by atoms with Crippen LogP contribution in [0.25, 0.3) is 0 Å². The number of hydrogen-bond acceptors (Lipinski definition) is 3. The summed E-state index contributed by atoms with van der Waals surface area (Å²) in [5.41, 5.74) is 0.189. The van der Waals surface area contributed by atoms with E-state index in [1.54, 1.807) is 0 Å². The van der Waals surface area contributed by atoms with Gasteiger partial charge in [0, 0.05) is 5.56 Å². The molecule has 0 amide bonds. The maximum atomic E-state index is 12.6. The van der Waals surface area contributed by atoms with Crippen LogP contribution < -0.4 is 0 Å². The Kier molecular flexibility index (Phi) is 3.94. The molecular weight excluding hydrogens is 211 g/mol. The number of hydrogen-bond donors (Lipinski definition) is 0. The highest BCUT2D eigenvalue weighted by atomic mass is 19.1. The highest BCUT2D eigenvalue weighted by Crippen LogP contribution is 2.10. The van der Waals surface area contributed by atoms with E-state index in [9.17, 15) is 14.0 Å². The van der Waals surface area contributed by atoms with Crippen LogP contribution in [0.15, 0.2) is 36.1 Å². The molecule has 0 saturated carbocycles. The minimum atomic E-state index is -0.477. The standard InChI is InChI=1S/C12H11FO3/c1-8(14)11(7-16-2)12(15)9-3-5-10(13)6-4-9/h3-7H,1-2H3. The number of Topliss-reactive ketones (excluding diaryl/α,β-unsaturated/α-hetero) is 2. The van der Waals surface area contributed by atoms with Crippen LogP contribution in [0.5, 0.6) is 0 Å². The van der Waals surface area contributed by atoms with Crippen molar-refractivity contribution in [3.8, 4) is 0 Å². The van der Waals surface area contributed by atoms with Crippen molar-refractivity contribution in [3.63, 3.8) is 0 Å². The summed E-state index contributed by atoms with van der Waals surface area (Å²) in [6.07, 6.45) is 1.09. The van der Waals surface area contributed by atoms with Crippen molar-refractivity contribution >= 4 is 11.6 Å². The summed E-state index contributed by atoms with van der Waals surface area (Å²) in [5.74, 6) is -1.30. The molecule has 16 heavy (non-hydrogen) atoms.